The number of aromatic nitrogens is 4. The van der Waals surface area contributed by atoms with E-state index in [0.717, 1.165) is 18.4 Å². The Bertz CT molecular complexity index is 590. The lowest BCUT2D eigenvalue weighted by Gasteiger charge is -2.13. The van der Waals surface area contributed by atoms with Gasteiger partial charge in [0.2, 0.25) is 11.7 Å². The van der Waals surface area contributed by atoms with Gasteiger partial charge in [-0.2, -0.15) is 5.21 Å². The molecule has 1 saturated carbocycles. The molecule has 2 aromatic rings. The van der Waals surface area contributed by atoms with Crippen molar-refractivity contribution in [3.8, 4) is 11.4 Å². The van der Waals surface area contributed by atoms with Crippen LogP contribution in [0.25, 0.3) is 11.4 Å². The molecule has 7 heteroatoms. The van der Waals surface area contributed by atoms with E-state index in [4.69, 9.17) is 5.73 Å². The Morgan fingerprint density at radius 2 is 2.32 bits per heavy atom. The highest BCUT2D eigenvalue weighted by Crippen LogP contribution is 2.45. The number of nitrogens with two attached hydrogens (primary N) is 1. The third kappa shape index (κ3) is 2.19. The predicted molar refractivity (Wildman–Crippen MR) is 69.0 cm³/mol. The lowest BCUT2D eigenvalue weighted by molar-refractivity contribution is -0.120. The first-order valence-electron chi connectivity index (χ1n) is 6.09. The maximum atomic E-state index is 12.1. The van der Waals surface area contributed by atoms with Gasteiger partial charge in [0, 0.05) is 17.8 Å². The lowest BCUT2D eigenvalue weighted by Crippen LogP contribution is -2.30. The van der Waals surface area contributed by atoms with Gasteiger partial charge in [0.1, 0.15) is 0 Å². The monoisotopic (exact) mass is 258 g/mol. The fraction of sp³-hybridized carbons (Fsp3) is 0.333. The number of aromatic amines is 1. The summed E-state index contributed by atoms with van der Waals surface area (Å²) in [6, 6.07) is 7.34. The Morgan fingerprint density at radius 1 is 1.47 bits per heavy atom. The standard InChI is InChI=1S/C12H14N6O/c13-7-12(4-5-12)11(19)14-9-3-1-2-8(6-9)10-15-17-18-16-10/h1-3,6H,4-5,7,13H2,(H,14,19)(H,15,16,17,18). The zero-order valence-electron chi connectivity index (χ0n) is 10.3. The van der Waals surface area contributed by atoms with Crippen LogP contribution >= 0.6 is 0 Å². The Labute approximate surface area is 109 Å². The van der Waals surface area contributed by atoms with Gasteiger partial charge in [-0.1, -0.05) is 12.1 Å². The van der Waals surface area contributed by atoms with E-state index in [-0.39, 0.29) is 11.3 Å². The smallest absolute Gasteiger partial charge is 0.231 e. The van der Waals surface area contributed by atoms with Crippen LogP contribution in [0.15, 0.2) is 24.3 Å². The van der Waals surface area contributed by atoms with E-state index >= 15 is 0 Å². The molecule has 0 radical (unpaired) electrons. The maximum absolute atomic E-state index is 12.1. The van der Waals surface area contributed by atoms with Crippen molar-refractivity contribution in [3.63, 3.8) is 0 Å². The van der Waals surface area contributed by atoms with Crippen LogP contribution in [0.4, 0.5) is 5.69 Å². The number of H-pyrrole nitrogens is 1. The summed E-state index contributed by atoms with van der Waals surface area (Å²) in [4.78, 5) is 12.1. The summed E-state index contributed by atoms with van der Waals surface area (Å²) in [5.74, 6) is 0.483. The quantitative estimate of drug-likeness (QED) is 0.741. The van der Waals surface area contributed by atoms with Gasteiger partial charge in [0.15, 0.2) is 0 Å². The number of anilines is 1. The van der Waals surface area contributed by atoms with Gasteiger partial charge in [0.05, 0.1) is 5.41 Å². The number of nitrogens with zero attached hydrogens (tertiary/aromatic N) is 3. The maximum Gasteiger partial charge on any atom is 0.231 e. The molecule has 3 rings (SSSR count). The molecule has 1 aromatic carbocycles. The zero-order valence-corrected chi connectivity index (χ0v) is 10.3. The van der Waals surface area contributed by atoms with Crippen LogP contribution < -0.4 is 11.1 Å². The average Bonchev–Trinajstić information content (AvgIpc) is 3.05. The lowest BCUT2D eigenvalue weighted by atomic mass is 10.1. The zero-order chi connectivity index (χ0) is 13.3. The number of benzene rings is 1. The van der Waals surface area contributed by atoms with Crippen molar-refractivity contribution in [1.29, 1.82) is 0 Å². The van der Waals surface area contributed by atoms with Gasteiger partial charge in [-0.3, -0.25) is 4.79 Å². The molecule has 0 aliphatic heterocycles. The van der Waals surface area contributed by atoms with Crippen molar-refractivity contribution >= 4 is 11.6 Å². The molecule has 1 fully saturated rings. The van der Waals surface area contributed by atoms with Gasteiger partial charge in [0.25, 0.3) is 0 Å². The van der Waals surface area contributed by atoms with E-state index in [1.807, 2.05) is 24.3 Å². The van der Waals surface area contributed by atoms with E-state index in [0.29, 0.717) is 18.1 Å². The van der Waals surface area contributed by atoms with Crippen LogP contribution in [0.1, 0.15) is 12.8 Å². The molecule has 19 heavy (non-hydrogen) atoms. The molecule has 1 aromatic heterocycles. The molecule has 1 aliphatic carbocycles. The molecular weight excluding hydrogens is 244 g/mol. The Balaban J connectivity index is 1.79. The minimum Gasteiger partial charge on any atom is -0.329 e. The third-order valence-electron chi connectivity index (χ3n) is 3.45. The number of carbonyl (C=O) groups is 1. The summed E-state index contributed by atoms with van der Waals surface area (Å²) in [5.41, 5.74) is 6.79. The summed E-state index contributed by atoms with van der Waals surface area (Å²) < 4.78 is 0. The molecule has 98 valence electrons. The SMILES string of the molecule is NCC1(C(=O)Nc2cccc(-c3nn[nH]n3)c2)CC1. The van der Waals surface area contributed by atoms with Crippen molar-refractivity contribution < 1.29 is 4.79 Å². The molecule has 1 amide bonds. The summed E-state index contributed by atoms with van der Waals surface area (Å²) in [7, 11) is 0. The number of nitrogens with one attached hydrogen (secondary N) is 2. The molecule has 0 spiro atoms. The van der Waals surface area contributed by atoms with Crippen molar-refractivity contribution in [2.45, 2.75) is 12.8 Å². The summed E-state index contributed by atoms with van der Waals surface area (Å²) in [5, 5.41) is 16.6. The van der Waals surface area contributed by atoms with Crippen LogP contribution in [0, 0.1) is 5.41 Å². The number of tetrazole rings is 1. The second kappa shape index (κ2) is 4.43. The highest BCUT2D eigenvalue weighted by molar-refractivity contribution is 5.97. The van der Waals surface area contributed by atoms with Crippen molar-refractivity contribution in [1.82, 2.24) is 20.6 Å². The van der Waals surface area contributed by atoms with Crippen molar-refractivity contribution in [2.24, 2.45) is 11.1 Å². The fourth-order valence-corrected chi connectivity index (χ4v) is 1.96. The largest absolute Gasteiger partial charge is 0.329 e. The summed E-state index contributed by atoms with van der Waals surface area (Å²) >= 11 is 0. The van der Waals surface area contributed by atoms with Gasteiger partial charge >= 0.3 is 0 Å². The normalized spacial score (nSPS) is 16.1. The van der Waals surface area contributed by atoms with Gasteiger partial charge in [-0.25, -0.2) is 0 Å². The minimum atomic E-state index is -0.359. The fourth-order valence-electron chi connectivity index (χ4n) is 1.96. The first kappa shape index (κ1) is 11.8. The molecule has 0 saturated heterocycles. The van der Waals surface area contributed by atoms with E-state index in [1.54, 1.807) is 0 Å². The Morgan fingerprint density at radius 3 is 2.95 bits per heavy atom. The van der Waals surface area contributed by atoms with Crippen LogP contribution in [-0.4, -0.2) is 33.1 Å². The molecule has 7 nitrogen and oxygen atoms in total. The predicted octanol–water partition coefficient (Wildman–Crippen LogP) is 0.544. The van der Waals surface area contributed by atoms with E-state index in [1.165, 1.54) is 0 Å². The number of rotatable bonds is 4. The van der Waals surface area contributed by atoms with Crippen LogP contribution in [-0.2, 0) is 4.79 Å². The Kier molecular flexibility index (Phi) is 2.75. The second-order valence-electron chi connectivity index (χ2n) is 4.75. The van der Waals surface area contributed by atoms with Gasteiger partial charge in [-0.15, -0.1) is 10.2 Å². The molecule has 0 atom stereocenters. The third-order valence-corrected chi connectivity index (χ3v) is 3.45. The highest BCUT2D eigenvalue weighted by atomic mass is 16.2. The van der Waals surface area contributed by atoms with Crippen molar-refractivity contribution in [3.05, 3.63) is 24.3 Å². The number of carbonyl (C=O) groups excluding carboxylic acids is 1. The van der Waals surface area contributed by atoms with Crippen LogP contribution in [0.3, 0.4) is 0 Å². The van der Waals surface area contributed by atoms with E-state index in [2.05, 4.69) is 25.9 Å². The topological polar surface area (TPSA) is 110 Å². The molecule has 4 N–H and O–H groups in total. The number of amides is 1. The molecule has 1 aliphatic rings. The molecule has 0 bridgehead atoms. The second-order valence-corrected chi connectivity index (χ2v) is 4.75. The van der Waals surface area contributed by atoms with Crippen LogP contribution in [0.5, 0.6) is 0 Å². The molecular formula is C12H14N6O. The molecule has 1 heterocycles. The first-order chi connectivity index (χ1) is 9.23. The average molecular weight is 258 g/mol. The van der Waals surface area contributed by atoms with Crippen molar-refractivity contribution in [2.75, 3.05) is 11.9 Å². The van der Waals surface area contributed by atoms with Gasteiger partial charge in [-0.05, 0) is 30.2 Å². The van der Waals surface area contributed by atoms with Gasteiger partial charge < -0.3 is 11.1 Å². The highest BCUT2D eigenvalue weighted by Gasteiger charge is 2.48. The van der Waals surface area contributed by atoms with E-state index in [9.17, 15) is 4.79 Å². The number of hydrogen-bond acceptors (Lipinski definition) is 5. The minimum absolute atomic E-state index is 0.0136. The number of hydrogen-bond donors (Lipinski definition) is 3. The van der Waals surface area contributed by atoms with E-state index < -0.39 is 0 Å². The molecule has 0 unspecified atom stereocenters. The Hall–Kier alpha value is -2.28. The summed E-state index contributed by atoms with van der Waals surface area (Å²) in [6.07, 6.45) is 1.72. The van der Waals surface area contributed by atoms with Crippen LogP contribution in [0.2, 0.25) is 0 Å². The summed E-state index contributed by atoms with van der Waals surface area (Å²) in [6.45, 7) is 0.392. The first-order valence-corrected chi connectivity index (χ1v) is 6.09.